The smallest absolute Gasteiger partial charge is 0.341 e. The Hall–Kier alpha value is -3.95. The molecule has 2 rings (SSSR count). The number of nitrogens with one attached hydrogen (secondary N) is 1. The molecule has 0 aliphatic carbocycles. The molecule has 0 bridgehead atoms. The fourth-order valence-corrected chi connectivity index (χ4v) is 2.64. The second-order valence-corrected chi connectivity index (χ2v) is 6.67. The summed E-state index contributed by atoms with van der Waals surface area (Å²) < 4.78 is 4.90. The maximum absolute atomic E-state index is 12.2. The van der Waals surface area contributed by atoms with E-state index in [2.05, 4.69) is 5.32 Å². The minimum atomic E-state index is -0.974. The zero-order valence-corrected chi connectivity index (χ0v) is 16.8. The van der Waals surface area contributed by atoms with Gasteiger partial charge in [-0.25, -0.2) is 4.79 Å². The molecule has 0 fully saturated rings. The van der Waals surface area contributed by atoms with Crippen molar-refractivity contribution in [3.63, 3.8) is 0 Å². The molecule has 0 radical (unpaired) electrons. The Labute approximate surface area is 172 Å². The van der Waals surface area contributed by atoms with E-state index in [-0.39, 0.29) is 23.5 Å². The number of esters is 1. The summed E-state index contributed by atoms with van der Waals surface area (Å²) >= 11 is 0. The number of para-hydroxylation sites is 1. The number of likely N-dealkylation sites (N-methyl/N-ethyl adjacent to an activating group) is 1. The van der Waals surface area contributed by atoms with Gasteiger partial charge in [-0.2, -0.15) is 0 Å². The normalized spacial score (nSPS) is 10.2. The van der Waals surface area contributed by atoms with Crippen LogP contribution < -0.4 is 11.1 Å². The van der Waals surface area contributed by atoms with Crippen molar-refractivity contribution >= 4 is 34.8 Å². The summed E-state index contributed by atoms with van der Waals surface area (Å²) in [6.07, 6.45) is 0. The van der Waals surface area contributed by atoms with Gasteiger partial charge in [-0.15, -0.1) is 0 Å². The van der Waals surface area contributed by atoms with Crippen LogP contribution in [-0.4, -0.2) is 47.8 Å². The highest BCUT2D eigenvalue weighted by Gasteiger charge is 2.20. The summed E-state index contributed by atoms with van der Waals surface area (Å²) in [7, 11) is 1.39. The van der Waals surface area contributed by atoms with Gasteiger partial charge < -0.3 is 20.7 Å². The Bertz CT molecular complexity index is 985. The van der Waals surface area contributed by atoms with E-state index in [0.29, 0.717) is 5.69 Å². The van der Waals surface area contributed by atoms with Gasteiger partial charge in [-0.1, -0.05) is 18.2 Å². The zero-order valence-electron chi connectivity index (χ0n) is 16.8. The van der Waals surface area contributed by atoms with Crippen LogP contribution in [0.2, 0.25) is 0 Å². The number of carbonyl (C=O) groups excluding carboxylic acids is 3. The van der Waals surface area contributed by atoms with Crippen LogP contribution in [0.3, 0.4) is 0 Å². The lowest BCUT2D eigenvalue weighted by Crippen LogP contribution is -2.37. The number of nitro groups is 1. The van der Waals surface area contributed by atoms with Gasteiger partial charge >= 0.3 is 5.97 Å². The number of hydrogen-bond donors (Lipinski definition) is 2. The number of nitrogens with two attached hydrogens (primary N) is 1. The number of aryl methyl sites for hydroxylation is 2. The van der Waals surface area contributed by atoms with E-state index in [1.54, 1.807) is 0 Å². The fourth-order valence-electron chi connectivity index (χ4n) is 2.64. The first-order chi connectivity index (χ1) is 14.1. The van der Waals surface area contributed by atoms with Gasteiger partial charge in [0.2, 0.25) is 5.91 Å². The van der Waals surface area contributed by atoms with Crippen LogP contribution in [0.4, 0.5) is 17.1 Å². The van der Waals surface area contributed by atoms with Crippen molar-refractivity contribution in [1.29, 1.82) is 0 Å². The SMILES string of the molecule is Cc1cccc(C)c1NC(=O)CN(C)C(=O)COC(=O)c1cc([N+](=O)[O-])ccc1N. The summed E-state index contributed by atoms with van der Waals surface area (Å²) in [5, 5.41) is 13.6. The fraction of sp³-hybridized carbons (Fsp3) is 0.250. The lowest BCUT2D eigenvalue weighted by atomic mass is 10.1. The number of non-ortho nitro benzene ring substituents is 1. The predicted molar refractivity (Wildman–Crippen MR) is 110 cm³/mol. The maximum atomic E-state index is 12.2. The molecule has 0 saturated carbocycles. The first-order valence-electron chi connectivity index (χ1n) is 8.91. The van der Waals surface area contributed by atoms with Crippen LogP contribution in [0.1, 0.15) is 21.5 Å². The first-order valence-corrected chi connectivity index (χ1v) is 8.91. The van der Waals surface area contributed by atoms with Crippen molar-refractivity contribution in [2.75, 3.05) is 31.2 Å². The summed E-state index contributed by atoms with van der Waals surface area (Å²) in [5.74, 6) is -2.00. The number of nitrogen functional groups attached to an aromatic ring is 1. The van der Waals surface area contributed by atoms with Gasteiger partial charge in [-0.05, 0) is 31.0 Å². The largest absolute Gasteiger partial charge is 0.452 e. The number of anilines is 2. The van der Waals surface area contributed by atoms with E-state index in [1.807, 2.05) is 32.0 Å². The van der Waals surface area contributed by atoms with Crippen LogP contribution in [0, 0.1) is 24.0 Å². The van der Waals surface area contributed by atoms with E-state index < -0.39 is 29.3 Å². The van der Waals surface area contributed by atoms with E-state index in [1.165, 1.54) is 13.1 Å². The molecule has 0 unspecified atom stereocenters. The van der Waals surface area contributed by atoms with Crippen molar-refractivity contribution in [1.82, 2.24) is 4.90 Å². The Morgan fingerprint density at radius 1 is 1.17 bits per heavy atom. The van der Waals surface area contributed by atoms with Crippen LogP contribution in [0.5, 0.6) is 0 Å². The van der Waals surface area contributed by atoms with Gasteiger partial charge in [0, 0.05) is 30.6 Å². The molecule has 10 heteroatoms. The standard InChI is InChI=1S/C20H22N4O6/c1-12-5-4-6-13(2)19(12)22-17(25)10-23(3)18(26)11-30-20(27)15-9-14(24(28)29)7-8-16(15)21/h4-9H,10-11,21H2,1-3H3,(H,22,25). The third-order valence-corrected chi connectivity index (χ3v) is 4.35. The number of carbonyl (C=O) groups is 3. The first kappa shape index (κ1) is 22.3. The van der Waals surface area contributed by atoms with Gasteiger partial charge in [0.1, 0.15) is 0 Å². The Morgan fingerprint density at radius 2 is 1.80 bits per heavy atom. The third kappa shape index (κ3) is 5.53. The lowest BCUT2D eigenvalue weighted by molar-refractivity contribution is -0.384. The van der Waals surface area contributed by atoms with E-state index >= 15 is 0 Å². The molecule has 10 nitrogen and oxygen atoms in total. The number of nitrogens with zero attached hydrogens (tertiary/aromatic N) is 2. The predicted octanol–water partition coefficient (Wildman–Crippen LogP) is 2.05. The third-order valence-electron chi connectivity index (χ3n) is 4.35. The minimum absolute atomic E-state index is 0.0145. The van der Waals surface area contributed by atoms with Crippen molar-refractivity contribution in [2.45, 2.75) is 13.8 Å². The van der Waals surface area contributed by atoms with Crippen molar-refractivity contribution in [2.24, 2.45) is 0 Å². The maximum Gasteiger partial charge on any atom is 0.341 e. The topological polar surface area (TPSA) is 145 Å². The molecular formula is C20H22N4O6. The van der Waals surface area contributed by atoms with E-state index in [4.69, 9.17) is 10.5 Å². The average molecular weight is 414 g/mol. The summed E-state index contributed by atoms with van der Waals surface area (Å²) in [5.41, 5.74) is 7.54. The molecule has 0 saturated heterocycles. The van der Waals surface area contributed by atoms with E-state index in [0.717, 1.165) is 28.2 Å². The number of benzene rings is 2. The highest BCUT2D eigenvalue weighted by atomic mass is 16.6. The molecular weight excluding hydrogens is 392 g/mol. The van der Waals surface area contributed by atoms with E-state index in [9.17, 15) is 24.5 Å². The van der Waals surface area contributed by atoms with Crippen LogP contribution >= 0.6 is 0 Å². The average Bonchev–Trinajstić information content (AvgIpc) is 2.68. The van der Waals surface area contributed by atoms with Crippen LogP contribution in [0.15, 0.2) is 36.4 Å². The summed E-state index contributed by atoms with van der Waals surface area (Å²) in [4.78, 5) is 47.8. The number of amides is 2. The summed E-state index contributed by atoms with van der Waals surface area (Å²) in [6.45, 7) is 2.82. The minimum Gasteiger partial charge on any atom is -0.452 e. The van der Waals surface area contributed by atoms with Crippen molar-refractivity contribution in [3.8, 4) is 0 Å². The number of nitro benzene ring substituents is 1. The summed E-state index contributed by atoms with van der Waals surface area (Å²) in [6, 6.07) is 8.93. The Morgan fingerprint density at radius 3 is 2.40 bits per heavy atom. The highest BCUT2D eigenvalue weighted by Crippen LogP contribution is 2.21. The molecule has 2 aromatic rings. The molecule has 0 aliphatic heterocycles. The molecule has 0 spiro atoms. The van der Waals surface area contributed by atoms with Crippen LogP contribution in [-0.2, 0) is 14.3 Å². The number of hydrogen-bond acceptors (Lipinski definition) is 7. The molecule has 2 aromatic carbocycles. The van der Waals surface area contributed by atoms with Crippen molar-refractivity contribution < 1.29 is 24.0 Å². The van der Waals surface area contributed by atoms with Crippen LogP contribution in [0.25, 0.3) is 0 Å². The molecule has 3 N–H and O–H groups in total. The molecule has 0 aliphatic rings. The second-order valence-electron chi connectivity index (χ2n) is 6.67. The molecule has 0 atom stereocenters. The Kier molecular flexibility index (Phi) is 7.08. The Balaban J connectivity index is 1.93. The van der Waals surface area contributed by atoms with Gasteiger partial charge in [-0.3, -0.25) is 19.7 Å². The van der Waals surface area contributed by atoms with Gasteiger partial charge in [0.25, 0.3) is 11.6 Å². The van der Waals surface area contributed by atoms with Crippen molar-refractivity contribution in [3.05, 3.63) is 63.2 Å². The molecule has 0 heterocycles. The number of ether oxygens (including phenoxy) is 1. The molecule has 30 heavy (non-hydrogen) atoms. The van der Waals surface area contributed by atoms with Gasteiger partial charge in [0.05, 0.1) is 17.0 Å². The number of rotatable bonds is 7. The quantitative estimate of drug-likeness (QED) is 0.305. The second kappa shape index (κ2) is 9.50. The van der Waals surface area contributed by atoms with Gasteiger partial charge in [0.15, 0.2) is 6.61 Å². The molecule has 0 aromatic heterocycles. The molecule has 158 valence electrons. The highest BCUT2D eigenvalue weighted by molar-refractivity contribution is 5.98. The molecule has 2 amide bonds. The monoisotopic (exact) mass is 414 g/mol. The lowest BCUT2D eigenvalue weighted by Gasteiger charge is -2.18. The zero-order chi connectivity index (χ0) is 22.4.